The van der Waals surface area contributed by atoms with Crippen LogP contribution in [0, 0.1) is 5.92 Å². The summed E-state index contributed by atoms with van der Waals surface area (Å²) in [5.74, 6) is 0.0824. The first-order valence-corrected chi connectivity index (χ1v) is 9.10. The van der Waals surface area contributed by atoms with Crippen molar-refractivity contribution >= 4 is 10.2 Å². The minimum absolute atomic E-state index is 0.0677. The molecule has 0 spiro atoms. The van der Waals surface area contributed by atoms with Gasteiger partial charge in [-0.1, -0.05) is 6.92 Å². The normalized spacial score (nSPS) is 29.9. The summed E-state index contributed by atoms with van der Waals surface area (Å²) in [6.07, 6.45) is 3.96. The molecular weight excluding hydrogens is 278 g/mol. The van der Waals surface area contributed by atoms with Gasteiger partial charge in [-0.2, -0.15) is 12.7 Å². The van der Waals surface area contributed by atoms with Crippen molar-refractivity contribution in [3.63, 3.8) is 0 Å². The molecule has 2 aliphatic heterocycles. The summed E-state index contributed by atoms with van der Waals surface area (Å²) in [5, 5.41) is 9.20. The molecule has 2 unspecified atom stereocenters. The molecule has 2 heterocycles. The molecular formula is C13H27N3O3S. The molecule has 0 bridgehead atoms. The lowest BCUT2D eigenvalue weighted by molar-refractivity contribution is 0.164. The lowest BCUT2D eigenvalue weighted by Gasteiger charge is -2.32. The zero-order valence-corrected chi connectivity index (χ0v) is 13.1. The van der Waals surface area contributed by atoms with Gasteiger partial charge in [0.15, 0.2) is 0 Å². The van der Waals surface area contributed by atoms with Crippen molar-refractivity contribution in [2.75, 3.05) is 39.3 Å². The minimum Gasteiger partial charge on any atom is -0.396 e. The SMILES string of the molecule is CCN1CCCC1CNS(=O)(=O)N1CCCC(CO)C1. The van der Waals surface area contributed by atoms with Gasteiger partial charge >= 0.3 is 0 Å². The van der Waals surface area contributed by atoms with Crippen LogP contribution in [0.1, 0.15) is 32.6 Å². The van der Waals surface area contributed by atoms with E-state index in [0.717, 1.165) is 38.8 Å². The van der Waals surface area contributed by atoms with Crippen molar-refractivity contribution in [1.29, 1.82) is 0 Å². The second-order valence-corrected chi connectivity index (χ2v) is 7.58. The lowest BCUT2D eigenvalue weighted by atomic mass is 10.0. The topological polar surface area (TPSA) is 72.9 Å². The summed E-state index contributed by atoms with van der Waals surface area (Å²) in [4.78, 5) is 2.33. The quantitative estimate of drug-likeness (QED) is 0.725. The van der Waals surface area contributed by atoms with Crippen molar-refractivity contribution in [2.24, 2.45) is 5.92 Å². The van der Waals surface area contributed by atoms with Crippen molar-refractivity contribution in [3.05, 3.63) is 0 Å². The van der Waals surface area contributed by atoms with Crippen LogP contribution in [0.4, 0.5) is 0 Å². The van der Waals surface area contributed by atoms with Gasteiger partial charge in [0.2, 0.25) is 0 Å². The van der Waals surface area contributed by atoms with E-state index in [1.807, 2.05) is 0 Å². The van der Waals surface area contributed by atoms with Gasteiger partial charge < -0.3 is 5.11 Å². The molecule has 0 saturated carbocycles. The molecule has 7 heteroatoms. The van der Waals surface area contributed by atoms with Gasteiger partial charge in [-0.15, -0.1) is 0 Å². The van der Waals surface area contributed by atoms with Gasteiger partial charge in [0.1, 0.15) is 0 Å². The van der Waals surface area contributed by atoms with Gasteiger partial charge in [-0.25, -0.2) is 4.72 Å². The van der Waals surface area contributed by atoms with E-state index >= 15 is 0 Å². The van der Waals surface area contributed by atoms with Gasteiger partial charge in [0, 0.05) is 32.3 Å². The Bertz CT molecular complexity index is 402. The number of likely N-dealkylation sites (N-methyl/N-ethyl adjacent to an activating group) is 1. The van der Waals surface area contributed by atoms with Crippen molar-refractivity contribution < 1.29 is 13.5 Å². The van der Waals surface area contributed by atoms with Crippen LogP contribution in [-0.4, -0.2) is 68.1 Å². The molecule has 2 aliphatic rings. The smallest absolute Gasteiger partial charge is 0.279 e. The van der Waals surface area contributed by atoms with Gasteiger partial charge in [0.25, 0.3) is 10.2 Å². The number of likely N-dealkylation sites (tertiary alicyclic amines) is 1. The highest BCUT2D eigenvalue weighted by Crippen LogP contribution is 2.19. The fourth-order valence-corrected chi connectivity index (χ4v) is 4.59. The molecule has 0 aromatic carbocycles. The minimum atomic E-state index is -3.40. The summed E-state index contributed by atoms with van der Waals surface area (Å²) in [6, 6.07) is 0.327. The Labute approximate surface area is 122 Å². The standard InChI is InChI=1S/C13H27N3O3S/c1-2-15-7-4-6-13(15)9-14-20(18,19)16-8-3-5-12(10-16)11-17/h12-14,17H,2-11H2,1H3. The largest absolute Gasteiger partial charge is 0.396 e. The number of nitrogens with one attached hydrogen (secondary N) is 1. The molecule has 118 valence electrons. The molecule has 6 nitrogen and oxygen atoms in total. The molecule has 2 saturated heterocycles. The Morgan fingerprint density at radius 1 is 1.25 bits per heavy atom. The third kappa shape index (κ3) is 3.92. The predicted octanol–water partition coefficient (Wildman–Crippen LogP) is 0.00940. The van der Waals surface area contributed by atoms with E-state index in [-0.39, 0.29) is 12.5 Å². The maximum Gasteiger partial charge on any atom is 0.279 e. The van der Waals surface area contributed by atoms with E-state index in [0.29, 0.717) is 25.7 Å². The third-order valence-corrected chi connectivity index (χ3v) is 6.03. The highest BCUT2D eigenvalue weighted by atomic mass is 32.2. The van der Waals surface area contributed by atoms with Gasteiger partial charge in [0.05, 0.1) is 0 Å². The number of hydrogen-bond acceptors (Lipinski definition) is 4. The van der Waals surface area contributed by atoms with Crippen LogP contribution in [0.5, 0.6) is 0 Å². The highest BCUT2D eigenvalue weighted by molar-refractivity contribution is 7.87. The molecule has 2 fully saturated rings. The average molecular weight is 305 g/mol. The number of aliphatic hydroxyl groups excluding tert-OH is 1. The van der Waals surface area contributed by atoms with Crippen molar-refractivity contribution in [1.82, 2.24) is 13.9 Å². The van der Waals surface area contributed by atoms with Crippen LogP contribution in [0.3, 0.4) is 0 Å². The molecule has 2 N–H and O–H groups in total. The molecule has 0 amide bonds. The van der Waals surface area contributed by atoms with Crippen LogP contribution >= 0.6 is 0 Å². The molecule has 0 aromatic heterocycles. The van der Waals surface area contributed by atoms with Crippen LogP contribution in [0.15, 0.2) is 0 Å². The first-order valence-electron chi connectivity index (χ1n) is 7.66. The number of nitrogens with zero attached hydrogens (tertiary/aromatic N) is 2. The van der Waals surface area contributed by atoms with E-state index in [1.54, 1.807) is 0 Å². The molecule has 20 heavy (non-hydrogen) atoms. The summed E-state index contributed by atoms with van der Waals surface area (Å²) >= 11 is 0. The zero-order chi connectivity index (χ0) is 14.6. The second-order valence-electron chi connectivity index (χ2n) is 5.83. The molecule has 2 rings (SSSR count). The Balaban J connectivity index is 1.87. The summed E-state index contributed by atoms with van der Waals surface area (Å²) in [6.45, 7) is 5.72. The lowest BCUT2D eigenvalue weighted by Crippen LogP contribution is -2.49. The van der Waals surface area contributed by atoms with Gasteiger partial charge in [-0.3, -0.25) is 4.90 Å². The molecule has 0 aliphatic carbocycles. The number of piperidine rings is 1. The monoisotopic (exact) mass is 305 g/mol. The first-order chi connectivity index (χ1) is 9.56. The number of hydrogen-bond donors (Lipinski definition) is 2. The fourth-order valence-electron chi connectivity index (χ4n) is 3.23. The number of rotatable bonds is 6. The zero-order valence-electron chi connectivity index (χ0n) is 12.3. The van der Waals surface area contributed by atoms with Crippen molar-refractivity contribution in [3.8, 4) is 0 Å². The van der Waals surface area contributed by atoms with Crippen LogP contribution in [0.2, 0.25) is 0 Å². The van der Waals surface area contributed by atoms with Crippen LogP contribution in [0.25, 0.3) is 0 Å². The predicted molar refractivity (Wildman–Crippen MR) is 78.6 cm³/mol. The Morgan fingerprint density at radius 3 is 2.70 bits per heavy atom. The van der Waals surface area contributed by atoms with E-state index in [4.69, 9.17) is 0 Å². The fraction of sp³-hybridized carbons (Fsp3) is 1.00. The van der Waals surface area contributed by atoms with E-state index in [2.05, 4.69) is 16.5 Å². The summed E-state index contributed by atoms with van der Waals surface area (Å²) in [7, 11) is -3.40. The molecule has 0 aromatic rings. The highest BCUT2D eigenvalue weighted by Gasteiger charge is 2.30. The Hall–Kier alpha value is -0.210. The second kappa shape index (κ2) is 7.17. The maximum atomic E-state index is 12.3. The summed E-state index contributed by atoms with van der Waals surface area (Å²) in [5.41, 5.74) is 0. The number of aliphatic hydroxyl groups is 1. The average Bonchev–Trinajstić information content (AvgIpc) is 2.93. The molecule has 2 atom stereocenters. The van der Waals surface area contributed by atoms with Crippen LogP contribution in [-0.2, 0) is 10.2 Å². The Morgan fingerprint density at radius 2 is 2.00 bits per heavy atom. The first kappa shape index (κ1) is 16.2. The van der Waals surface area contributed by atoms with Crippen molar-refractivity contribution in [2.45, 2.75) is 38.6 Å². The van der Waals surface area contributed by atoms with E-state index < -0.39 is 10.2 Å². The molecule has 0 radical (unpaired) electrons. The Kier molecular flexibility index (Phi) is 5.80. The van der Waals surface area contributed by atoms with Crippen LogP contribution < -0.4 is 4.72 Å². The van der Waals surface area contributed by atoms with Gasteiger partial charge in [-0.05, 0) is 44.7 Å². The van der Waals surface area contributed by atoms with E-state index in [9.17, 15) is 13.5 Å². The summed E-state index contributed by atoms with van der Waals surface area (Å²) < 4.78 is 28.9. The van der Waals surface area contributed by atoms with E-state index in [1.165, 1.54) is 4.31 Å². The third-order valence-electron chi connectivity index (χ3n) is 4.49. The maximum absolute atomic E-state index is 12.3.